The Hall–Kier alpha value is -2.30. The number of aryl methyl sites for hydroxylation is 1. The van der Waals surface area contributed by atoms with E-state index < -0.39 is 0 Å². The van der Waals surface area contributed by atoms with Crippen LogP contribution < -0.4 is 10.1 Å². The molecule has 1 heterocycles. The Labute approximate surface area is 155 Å². The number of amides is 1. The summed E-state index contributed by atoms with van der Waals surface area (Å²) in [6.45, 7) is 6.30. The normalized spacial score (nSPS) is 16.5. The highest BCUT2D eigenvalue weighted by Crippen LogP contribution is 2.42. The van der Waals surface area contributed by atoms with Crippen LogP contribution in [0.5, 0.6) is 5.75 Å². The van der Waals surface area contributed by atoms with Crippen molar-refractivity contribution in [2.24, 2.45) is 7.05 Å². The number of ether oxygens (including phenoxy) is 1. The third-order valence-electron chi connectivity index (χ3n) is 5.31. The fraction of sp³-hybridized carbons (Fsp3) is 0.524. The Kier molecular flexibility index (Phi) is 4.82. The number of carbonyl (C=O) groups excluding carboxylic acids is 1. The lowest BCUT2D eigenvalue weighted by Crippen LogP contribution is -2.44. The highest BCUT2D eigenvalue weighted by atomic mass is 16.5. The molecule has 3 rings (SSSR count). The maximum Gasteiger partial charge on any atom is 0.270 e. The van der Waals surface area contributed by atoms with Crippen molar-refractivity contribution in [1.82, 2.24) is 15.1 Å². The largest absolute Gasteiger partial charge is 0.496 e. The second-order valence-electron chi connectivity index (χ2n) is 8.23. The molecule has 0 spiro atoms. The van der Waals surface area contributed by atoms with Gasteiger partial charge >= 0.3 is 0 Å². The van der Waals surface area contributed by atoms with Crippen molar-refractivity contribution in [3.63, 3.8) is 0 Å². The SMILES string of the molecule is COc1ccccc1C1(NC(=O)c2cc(C(C)(C)C)nn2C)CCCC1. The summed E-state index contributed by atoms with van der Waals surface area (Å²) in [5.41, 5.74) is 2.10. The van der Waals surface area contributed by atoms with Crippen LogP contribution in [0.25, 0.3) is 0 Å². The number of aromatic nitrogens is 2. The summed E-state index contributed by atoms with van der Waals surface area (Å²) in [7, 11) is 3.51. The molecule has 0 aliphatic heterocycles. The van der Waals surface area contributed by atoms with Crippen LogP contribution in [0, 0.1) is 0 Å². The summed E-state index contributed by atoms with van der Waals surface area (Å²) in [6, 6.07) is 9.90. The number of hydrogen-bond donors (Lipinski definition) is 1. The number of nitrogens with zero attached hydrogens (tertiary/aromatic N) is 2. The molecular weight excluding hydrogens is 326 g/mol. The Morgan fingerprint density at radius 1 is 1.23 bits per heavy atom. The van der Waals surface area contributed by atoms with Crippen molar-refractivity contribution in [3.8, 4) is 5.75 Å². The number of benzene rings is 1. The van der Waals surface area contributed by atoms with Crippen LogP contribution in [0.2, 0.25) is 0 Å². The molecule has 0 bridgehead atoms. The van der Waals surface area contributed by atoms with Gasteiger partial charge in [0.15, 0.2) is 0 Å². The second kappa shape index (κ2) is 6.78. The molecule has 0 atom stereocenters. The molecule has 0 radical (unpaired) electrons. The van der Waals surface area contributed by atoms with Crippen LogP contribution in [-0.2, 0) is 18.0 Å². The Morgan fingerprint density at radius 2 is 1.88 bits per heavy atom. The van der Waals surface area contributed by atoms with Gasteiger partial charge in [0.05, 0.1) is 18.3 Å². The molecule has 1 fully saturated rings. The van der Waals surface area contributed by atoms with Crippen LogP contribution in [-0.4, -0.2) is 22.8 Å². The summed E-state index contributed by atoms with van der Waals surface area (Å²) in [4.78, 5) is 13.1. The van der Waals surface area contributed by atoms with E-state index in [-0.39, 0.29) is 16.9 Å². The number of methoxy groups -OCH3 is 1. The summed E-state index contributed by atoms with van der Waals surface area (Å²) in [5.74, 6) is 0.749. The van der Waals surface area contributed by atoms with Gasteiger partial charge in [-0.3, -0.25) is 9.48 Å². The fourth-order valence-corrected chi connectivity index (χ4v) is 3.81. The maximum atomic E-state index is 13.1. The van der Waals surface area contributed by atoms with Crippen molar-refractivity contribution in [2.45, 2.75) is 57.4 Å². The molecule has 1 aliphatic carbocycles. The predicted molar refractivity (Wildman–Crippen MR) is 103 cm³/mol. The number of para-hydroxylation sites is 1. The monoisotopic (exact) mass is 355 g/mol. The first kappa shape index (κ1) is 18.5. The van der Waals surface area contributed by atoms with Gasteiger partial charge in [-0.1, -0.05) is 51.8 Å². The molecule has 0 unspecified atom stereocenters. The first-order chi connectivity index (χ1) is 12.3. The van der Waals surface area contributed by atoms with E-state index in [9.17, 15) is 4.79 Å². The molecule has 1 saturated carbocycles. The van der Waals surface area contributed by atoms with E-state index in [1.54, 1.807) is 11.8 Å². The highest BCUT2D eigenvalue weighted by Gasteiger charge is 2.40. The number of carbonyl (C=O) groups is 1. The van der Waals surface area contributed by atoms with E-state index >= 15 is 0 Å². The van der Waals surface area contributed by atoms with E-state index in [1.165, 1.54) is 0 Å². The first-order valence-corrected chi connectivity index (χ1v) is 9.27. The molecular formula is C21H29N3O2. The molecule has 140 valence electrons. The topological polar surface area (TPSA) is 56.1 Å². The Balaban J connectivity index is 1.94. The Bertz CT molecular complexity index is 796. The van der Waals surface area contributed by atoms with Crippen molar-refractivity contribution >= 4 is 5.91 Å². The lowest BCUT2D eigenvalue weighted by molar-refractivity contribution is 0.0887. The number of rotatable bonds is 4. The third-order valence-corrected chi connectivity index (χ3v) is 5.31. The number of nitrogens with one attached hydrogen (secondary N) is 1. The van der Waals surface area contributed by atoms with E-state index in [4.69, 9.17) is 4.74 Å². The molecule has 0 saturated heterocycles. The minimum absolute atomic E-state index is 0.0803. The second-order valence-corrected chi connectivity index (χ2v) is 8.23. The van der Waals surface area contributed by atoms with Gasteiger partial charge in [0.25, 0.3) is 5.91 Å². The van der Waals surface area contributed by atoms with Crippen LogP contribution in [0.1, 0.15) is 68.2 Å². The summed E-state index contributed by atoms with van der Waals surface area (Å²) < 4.78 is 7.26. The number of hydrogen-bond acceptors (Lipinski definition) is 3. The third kappa shape index (κ3) is 3.35. The molecule has 1 amide bonds. The lowest BCUT2D eigenvalue weighted by Gasteiger charge is -2.32. The molecule has 1 aromatic carbocycles. The molecule has 2 aromatic rings. The van der Waals surface area contributed by atoms with E-state index in [1.807, 2.05) is 31.3 Å². The van der Waals surface area contributed by atoms with Gasteiger partial charge in [-0.2, -0.15) is 5.10 Å². The van der Waals surface area contributed by atoms with Gasteiger partial charge in [-0.25, -0.2) is 0 Å². The zero-order valence-electron chi connectivity index (χ0n) is 16.4. The minimum Gasteiger partial charge on any atom is -0.496 e. The standard InChI is InChI=1S/C21H29N3O2/c1-20(2,3)18-14-16(24(4)23-18)19(25)22-21(12-8-9-13-21)15-10-6-7-11-17(15)26-5/h6-7,10-11,14H,8-9,12-13H2,1-5H3,(H,22,25). The van der Waals surface area contributed by atoms with Gasteiger partial charge in [0.2, 0.25) is 0 Å². The molecule has 1 aromatic heterocycles. The molecule has 26 heavy (non-hydrogen) atoms. The van der Waals surface area contributed by atoms with Crippen LogP contribution in [0.3, 0.4) is 0 Å². The molecule has 1 N–H and O–H groups in total. The molecule has 1 aliphatic rings. The van der Waals surface area contributed by atoms with E-state index in [0.717, 1.165) is 42.7 Å². The van der Waals surface area contributed by atoms with Crippen molar-refractivity contribution in [3.05, 3.63) is 47.3 Å². The summed E-state index contributed by atoms with van der Waals surface area (Å²) >= 11 is 0. The average molecular weight is 355 g/mol. The van der Waals surface area contributed by atoms with Gasteiger partial charge in [0.1, 0.15) is 11.4 Å². The maximum absolute atomic E-state index is 13.1. The van der Waals surface area contributed by atoms with Gasteiger partial charge in [-0.15, -0.1) is 0 Å². The first-order valence-electron chi connectivity index (χ1n) is 9.27. The minimum atomic E-state index is -0.379. The summed E-state index contributed by atoms with van der Waals surface area (Å²) in [6.07, 6.45) is 4.03. The fourth-order valence-electron chi connectivity index (χ4n) is 3.81. The summed E-state index contributed by atoms with van der Waals surface area (Å²) in [5, 5.41) is 7.86. The molecule has 5 nitrogen and oxygen atoms in total. The zero-order valence-corrected chi connectivity index (χ0v) is 16.4. The van der Waals surface area contributed by atoms with E-state index in [2.05, 4.69) is 37.3 Å². The van der Waals surface area contributed by atoms with Crippen molar-refractivity contribution < 1.29 is 9.53 Å². The lowest BCUT2D eigenvalue weighted by atomic mass is 9.87. The smallest absolute Gasteiger partial charge is 0.270 e. The van der Waals surface area contributed by atoms with Crippen LogP contribution >= 0.6 is 0 Å². The average Bonchev–Trinajstić information content (AvgIpc) is 3.22. The van der Waals surface area contributed by atoms with Gasteiger partial charge in [-0.05, 0) is 25.0 Å². The molecule has 5 heteroatoms. The predicted octanol–water partition coefficient (Wildman–Crippen LogP) is 3.93. The zero-order chi connectivity index (χ0) is 18.9. The highest BCUT2D eigenvalue weighted by molar-refractivity contribution is 5.93. The van der Waals surface area contributed by atoms with Gasteiger partial charge < -0.3 is 10.1 Å². The van der Waals surface area contributed by atoms with E-state index in [0.29, 0.717) is 5.69 Å². The van der Waals surface area contributed by atoms with Crippen LogP contribution in [0.4, 0.5) is 0 Å². The van der Waals surface area contributed by atoms with Crippen molar-refractivity contribution in [2.75, 3.05) is 7.11 Å². The Morgan fingerprint density at radius 3 is 2.46 bits per heavy atom. The van der Waals surface area contributed by atoms with Crippen molar-refractivity contribution in [1.29, 1.82) is 0 Å². The van der Waals surface area contributed by atoms with Gasteiger partial charge in [0, 0.05) is 18.0 Å². The quantitative estimate of drug-likeness (QED) is 0.904. The van der Waals surface area contributed by atoms with Crippen LogP contribution in [0.15, 0.2) is 30.3 Å².